The molecule has 1 saturated heterocycles. The molecule has 0 bridgehead atoms. The van der Waals surface area contributed by atoms with Crippen molar-refractivity contribution in [2.45, 2.75) is 57.0 Å². The van der Waals surface area contributed by atoms with Gasteiger partial charge in [0.1, 0.15) is 0 Å². The van der Waals surface area contributed by atoms with E-state index in [-0.39, 0.29) is 0 Å². The molecular weight excluding hydrogens is 228 g/mol. The van der Waals surface area contributed by atoms with Crippen molar-refractivity contribution in [3.05, 3.63) is 0 Å². The van der Waals surface area contributed by atoms with Crippen molar-refractivity contribution in [3.8, 4) is 0 Å². The topological polar surface area (TPSA) is 15.3 Å². The minimum Gasteiger partial charge on any atom is -0.309 e. The molecule has 2 fully saturated rings. The highest BCUT2D eigenvalue weighted by Crippen LogP contribution is 2.36. The lowest BCUT2D eigenvalue weighted by Gasteiger charge is -2.54. The lowest BCUT2D eigenvalue weighted by molar-refractivity contribution is -0.00506. The maximum absolute atomic E-state index is 3.78. The van der Waals surface area contributed by atoms with Crippen LogP contribution in [0.3, 0.4) is 0 Å². The van der Waals surface area contributed by atoms with Crippen LogP contribution in [0.25, 0.3) is 0 Å². The molecular formula is C14H28N2S. The van der Waals surface area contributed by atoms with Crippen LogP contribution in [0.2, 0.25) is 0 Å². The molecule has 0 radical (unpaired) electrons. The molecule has 1 saturated carbocycles. The predicted molar refractivity (Wildman–Crippen MR) is 77.9 cm³/mol. The normalized spacial score (nSPS) is 28.4. The van der Waals surface area contributed by atoms with Crippen LogP contribution in [0.1, 0.15) is 46.0 Å². The van der Waals surface area contributed by atoms with Gasteiger partial charge in [0, 0.05) is 36.5 Å². The van der Waals surface area contributed by atoms with Gasteiger partial charge in [-0.1, -0.05) is 19.3 Å². The van der Waals surface area contributed by atoms with Crippen molar-refractivity contribution < 1.29 is 0 Å². The third-order valence-electron chi connectivity index (χ3n) is 4.50. The Morgan fingerprint density at radius 2 is 1.88 bits per heavy atom. The molecule has 0 unspecified atom stereocenters. The highest BCUT2D eigenvalue weighted by atomic mass is 32.2. The third-order valence-corrected chi connectivity index (χ3v) is 5.09. The Balaban J connectivity index is 2.06. The van der Waals surface area contributed by atoms with Crippen molar-refractivity contribution >= 4 is 11.8 Å². The molecule has 2 rings (SSSR count). The average molecular weight is 256 g/mol. The molecule has 0 aromatic carbocycles. The van der Waals surface area contributed by atoms with E-state index in [4.69, 9.17) is 0 Å². The van der Waals surface area contributed by atoms with E-state index in [1.54, 1.807) is 0 Å². The molecule has 17 heavy (non-hydrogen) atoms. The van der Waals surface area contributed by atoms with Crippen LogP contribution in [0.4, 0.5) is 0 Å². The summed E-state index contributed by atoms with van der Waals surface area (Å²) in [6.07, 6.45) is 9.34. The number of nitrogens with zero attached hydrogens (tertiary/aromatic N) is 1. The summed E-state index contributed by atoms with van der Waals surface area (Å²) in [6, 6.07) is 0. The lowest BCUT2D eigenvalue weighted by Crippen LogP contribution is -2.69. The van der Waals surface area contributed by atoms with Gasteiger partial charge in [0.05, 0.1) is 0 Å². The van der Waals surface area contributed by atoms with E-state index < -0.39 is 0 Å². The Morgan fingerprint density at radius 1 is 1.18 bits per heavy atom. The van der Waals surface area contributed by atoms with E-state index in [0.29, 0.717) is 11.1 Å². The summed E-state index contributed by atoms with van der Waals surface area (Å²) in [6.45, 7) is 8.37. The van der Waals surface area contributed by atoms with Crippen LogP contribution < -0.4 is 5.32 Å². The summed E-state index contributed by atoms with van der Waals surface area (Å²) in [5.41, 5.74) is 0.782. The van der Waals surface area contributed by atoms with Gasteiger partial charge < -0.3 is 5.32 Å². The highest BCUT2D eigenvalue weighted by Gasteiger charge is 2.43. The van der Waals surface area contributed by atoms with Gasteiger partial charge in [-0.25, -0.2) is 0 Å². The average Bonchev–Trinajstić information content (AvgIpc) is 2.32. The molecule has 1 aliphatic heterocycles. The summed E-state index contributed by atoms with van der Waals surface area (Å²) in [5.74, 6) is 1.28. The number of hydrogen-bond donors (Lipinski definition) is 1. The van der Waals surface area contributed by atoms with Gasteiger partial charge in [0.25, 0.3) is 0 Å². The van der Waals surface area contributed by atoms with E-state index in [1.807, 2.05) is 11.8 Å². The molecule has 100 valence electrons. The Kier molecular flexibility index (Phi) is 4.43. The fraction of sp³-hybridized carbons (Fsp3) is 1.00. The van der Waals surface area contributed by atoms with Crippen molar-refractivity contribution in [3.63, 3.8) is 0 Å². The molecule has 0 amide bonds. The number of piperazine rings is 1. The van der Waals surface area contributed by atoms with Crippen molar-refractivity contribution in [2.75, 3.05) is 31.6 Å². The van der Waals surface area contributed by atoms with E-state index in [9.17, 15) is 0 Å². The van der Waals surface area contributed by atoms with Crippen molar-refractivity contribution in [2.24, 2.45) is 0 Å². The van der Waals surface area contributed by atoms with Crippen molar-refractivity contribution in [1.29, 1.82) is 0 Å². The highest BCUT2D eigenvalue weighted by molar-refractivity contribution is 7.98. The summed E-state index contributed by atoms with van der Waals surface area (Å²) >= 11 is 1.98. The van der Waals surface area contributed by atoms with Gasteiger partial charge in [-0.15, -0.1) is 0 Å². The quantitative estimate of drug-likeness (QED) is 0.836. The lowest BCUT2D eigenvalue weighted by atomic mass is 9.77. The van der Waals surface area contributed by atoms with Gasteiger partial charge in [0.15, 0.2) is 0 Å². The van der Waals surface area contributed by atoms with Crippen LogP contribution in [-0.4, -0.2) is 47.6 Å². The first-order chi connectivity index (χ1) is 8.08. The molecule has 0 atom stereocenters. The number of rotatable bonds is 3. The van der Waals surface area contributed by atoms with Gasteiger partial charge in [-0.2, -0.15) is 11.8 Å². The molecule has 0 aromatic rings. The minimum absolute atomic E-state index is 0.293. The third kappa shape index (κ3) is 3.18. The Hall–Kier alpha value is 0.270. The van der Waals surface area contributed by atoms with Gasteiger partial charge in [0.2, 0.25) is 0 Å². The van der Waals surface area contributed by atoms with Crippen LogP contribution in [0, 0.1) is 0 Å². The van der Waals surface area contributed by atoms with Gasteiger partial charge in [-0.05, 0) is 32.9 Å². The fourth-order valence-corrected chi connectivity index (χ4v) is 3.84. The molecule has 2 aliphatic rings. The first-order valence-electron chi connectivity index (χ1n) is 7.07. The van der Waals surface area contributed by atoms with Gasteiger partial charge >= 0.3 is 0 Å². The van der Waals surface area contributed by atoms with Crippen molar-refractivity contribution in [1.82, 2.24) is 10.2 Å². The second-order valence-electron chi connectivity index (χ2n) is 6.44. The number of hydrogen-bond acceptors (Lipinski definition) is 3. The minimum atomic E-state index is 0.293. The summed E-state index contributed by atoms with van der Waals surface area (Å²) in [5, 5.41) is 3.78. The molecule has 1 heterocycles. The number of thioether (sulfide) groups is 1. The predicted octanol–water partition coefficient (Wildman–Crippen LogP) is 2.74. The van der Waals surface area contributed by atoms with Crippen LogP contribution in [-0.2, 0) is 0 Å². The zero-order valence-corrected chi connectivity index (χ0v) is 12.5. The van der Waals surface area contributed by atoms with Crippen LogP contribution >= 0.6 is 11.8 Å². The first-order valence-corrected chi connectivity index (χ1v) is 8.46. The molecule has 1 spiro atoms. The Bertz CT molecular complexity index is 247. The first kappa shape index (κ1) is 13.7. The second-order valence-corrected chi connectivity index (χ2v) is 7.42. The molecule has 2 nitrogen and oxygen atoms in total. The SMILES string of the molecule is CSCCN1CC(C)(C)NCC12CCCCC2. The summed E-state index contributed by atoms with van der Waals surface area (Å²) in [7, 11) is 0. The maximum Gasteiger partial charge on any atom is 0.0335 e. The summed E-state index contributed by atoms with van der Waals surface area (Å²) in [4.78, 5) is 2.80. The van der Waals surface area contributed by atoms with Crippen LogP contribution in [0.15, 0.2) is 0 Å². The van der Waals surface area contributed by atoms with Crippen LogP contribution in [0.5, 0.6) is 0 Å². The van der Waals surface area contributed by atoms with E-state index in [2.05, 4.69) is 30.3 Å². The van der Waals surface area contributed by atoms with E-state index >= 15 is 0 Å². The molecule has 1 aliphatic carbocycles. The Labute approximate surface area is 111 Å². The molecule has 3 heteroatoms. The fourth-order valence-electron chi connectivity index (χ4n) is 3.44. The van der Waals surface area contributed by atoms with E-state index in [0.717, 1.165) is 0 Å². The molecule has 0 aromatic heterocycles. The van der Waals surface area contributed by atoms with E-state index in [1.165, 1.54) is 57.5 Å². The Morgan fingerprint density at radius 3 is 2.53 bits per heavy atom. The van der Waals surface area contributed by atoms with Gasteiger partial charge in [-0.3, -0.25) is 4.90 Å². The number of nitrogens with one attached hydrogen (secondary N) is 1. The monoisotopic (exact) mass is 256 g/mol. The molecule has 1 N–H and O–H groups in total. The summed E-state index contributed by atoms with van der Waals surface area (Å²) < 4.78 is 0. The second kappa shape index (κ2) is 5.50. The zero-order valence-electron chi connectivity index (χ0n) is 11.7. The standard InChI is InChI=1S/C14H28N2S/c1-13(2)12-16(9-10-17-3)14(11-15-13)7-5-4-6-8-14/h15H,4-12H2,1-3H3. The largest absolute Gasteiger partial charge is 0.309 e. The maximum atomic E-state index is 3.78. The zero-order chi connectivity index (χ0) is 12.4. The smallest absolute Gasteiger partial charge is 0.0335 e.